The van der Waals surface area contributed by atoms with Crippen LogP contribution in [0.1, 0.15) is 22.9 Å². The Kier molecular flexibility index (Phi) is 3.61. The molecule has 0 aliphatic heterocycles. The number of nitrogens with one attached hydrogen (secondary N) is 1. The molecule has 2 rings (SSSR count). The summed E-state index contributed by atoms with van der Waals surface area (Å²) in [6, 6.07) is 8.19. The summed E-state index contributed by atoms with van der Waals surface area (Å²) in [6.07, 6.45) is 1.77. The Bertz CT molecular complexity index is 501. The van der Waals surface area contributed by atoms with Gasteiger partial charge in [-0.15, -0.1) is 0 Å². The molecule has 17 heavy (non-hydrogen) atoms. The number of aryl methyl sites for hydroxylation is 2. The summed E-state index contributed by atoms with van der Waals surface area (Å²) < 4.78 is 2.76. The monoisotopic (exact) mass is 294 g/mol. The number of nitrogens with two attached hydrogens (primary N) is 1. The number of aromatic nitrogens is 2. The highest BCUT2D eigenvalue weighted by molar-refractivity contribution is 9.10. The fraction of sp³-hybridized carbons (Fsp3) is 0.250. The molecule has 0 saturated carbocycles. The molecule has 2 aromatic rings. The van der Waals surface area contributed by atoms with E-state index in [4.69, 9.17) is 5.84 Å². The van der Waals surface area contributed by atoms with Gasteiger partial charge in [-0.05, 0) is 28.4 Å². The SMILES string of the molecule is Cc1cccc(C(NN)c2c(Br)cnn2C)c1. The number of hydrogen-bond donors (Lipinski definition) is 2. The number of nitrogens with zero attached hydrogens (tertiary/aromatic N) is 2. The van der Waals surface area contributed by atoms with Crippen LogP contribution in [-0.4, -0.2) is 9.78 Å². The highest BCUT2D eigenvalue weighted by Crippen LogP contribution is 2.27. The highest BCUT2D eigenvalue weighted by atomic mass is 79.9. The van der Waals surface area contributed by atoms with E-state index < -0.39 is 0 Å². The Balaban J connectivity index is 2.47. The van der Waals surface area contributed by atoms with Gasteiger partial charge < -0.3 is 0 Å². The molecule has 90 valence electrons. The van der Waals surface area contributed by atoms with Crippen molar-refractivity contribution in [3.63, 3.8) is 0 Å². The second kappa shape index (κ2) is 5.00. The van der Waals surface area contributed by atoms with Crippen LogP contribution in [0.4, 0.5) is 0 Å². The third-order valence-electron chi connectivity index (χ3n) is 2.75. The van der Waals surface area contributed by atoms with Crippen molar-refractivity contribution in [2.24, 2.45) is 12.9 Å². The van der Waals surface area contributed by atoms with Gasteiger partial charge in [0.25, 0.3) is 0 Å². The van der Waals surface area contributed by atoms with Crippen molar-refractivity contribution >= 4 is 15.9 Å². The zero-order chi connectivity index (χ0) is 12.4. The first kappa shape index (κ1) is 12.3. The van der Waals surface area contributed by atoms with Crippen LogP contribution in [0.3, 0.4) is 0 Å². The van der Waals surface area contributed by atoms with Crippen LogP contribution >= 0.6 is 15.9 Å². The van der Waals surface area contributed by atoms with E-state index in [0.29, 0.717) is 0 Å². The highest BCUT2D eigenvalue weighted by Gasteiger charge is 2.19. The van der Waals surface area contributed by atoms with Crippen molar-refractivity contribution in [1.82, 2.24) is 15.2 Å². The van der Waals surface area contributed by atoms with Crippen LogP contribution in [0.15, 0.2) is 34.9 Å². The molecule has 5 heteroatoms. The van der Waals surface area contributed by atoms with Gasteiger partial charge in [0.05, 0.1) is 22.4 Å². The Morgan fingerprint density at radius 1 is 1.47 bits per heavy atom. The molecule has 0 saturated heterocycles. The van der Waals surface area contributed by atoms with Gasteiger partial charge in [-0.25, -0.2) is 5.43 Å². The number of hydrogen-bond acceptors (Lipinski definition) is 3. The molecular weight excluding hydrogens is 280 g/mol. The quantitative estimate of drug-likeness (QED) is 0.673. The maximum atomic E-state index is 5.67. The maximum Gasteiger partial charge on any atom is 0.0889 e. The second-order valence-electron chi connectivity index (χ2n) is 4.02. The lowest BCUT2D eigenvalue weighted by Gasteiger charge is -2.18. The first-order valence-electron chi connectivity index (χ1n) is 5.33. The van der Waals surface area contributed by atoms with Gasteiger partial charge in [0.1, 0.15) is 0 Å². The molecule has 1 unspecified atom stereocenters. The maximum absolute atomic E-state index is 5.67. The standard InChI is InChI=1S/C12H15BrN4/c1-8-4-3-5-9(6-8)11(16-14)12-10(13)7-15-17(12)2/h3-7,11,16H,14H2,1-2H3. The van der Waals surface area contributed by atoms with Crippen LogP contribution < -0.4 is 11.3 Å². The van der Waals surface area contributed by atoms with Gasteiger partial charge in [-0.3, -0.25) is 10.5 Å². The molecule has 0 bridgehead atoms. The minimum atomic E-state index is -0.0724. The Labute approximate surface area is 109 Å². The van der Waals surface area contributed by atoms with Crippen molar-refractivity contribution in [3.8, 4) is 0 Å². The second-order valence-corrected chi connectivity index (χ2v) is 4.87. The molecule has 0 radical (unpaired) electrons. The molecule has 4 nitrogen and oxygen atoms in total. The third kappa shape index (κ3) is 2.41. The van der Waals surface area contributed by atoms with Crippen molar-refractivity contribution in [2.45, 2.75) is 13.0 Å². The van der Waals surface area contributed by atoms with Crippen molar-refractivity contribution in [2.75, 3.05) is 0 Å². The summed E-state index contributed by atoms with van der Waals surface area (Å²) in [5.74, 6) is 5.67. The van der Waals surface area contributed by atoms with Crippen molar-refractivity contribution < 1.29 is 0 Å². The molecule has 0 fully saturated rings. The summed E-state index contributed by atoms with van der Waals surface area (Å²) in [6.45, 7) is 2.06. The van der Waals surface area contributed by atoms with E-state index in [9.17, 15) is 0 Å². The topological polar surface area (TPSA) is 55.9 Å². The fourth-order valence-corrected chi connectivity index (χ4v) is 2.50. The summed E-state index contributed by atoms with van der Waals surface area (Å²) in [7, 11) is 1.90. The molecular formula is C12H15BrN4. The van der Waals surface area contributed by atoms with Crippen LogP contribution in [0.2, 0.25) is 0 Å². The minimum Gasteiger partial charge on any atom is -0.271 e. The van der Waals surface area contributed by atoms with Gasteiger partial charge in [0.15, 0.2) is 0 Å². The van der Waals surface area contributed by atoms with Gasteiger partial charge in [-0.2, -0.15) is 5.10 Å². The zero-order valence-electron chi connectivity index (χ0n) is 9.81. The first-order chi connectivity index (χ1) is 8.13. The van der Waals surface area contributed by atoms with E-state index in [1.54, 1.807) is 6.20 Å². The number of rotatable bonds is 3. The van der Waals surface area contributed by atoms with Crippen LogP contribution in [-0.2, 0) is 7.05 Å². The van der Waals surface area contributed by atoms with E-state index in [0.717, 1.165) is 15.7 Å². The number of hydrazine groups is 1. The average Bonchev–Trinajstić information content (AvgIpc) is 2.62. The molecule has 0 aliphatic carbocycles. The fourth-order valence-electron chi connectivity index (χ4n) is 1.93. The van der Waals surface area contributed by atoms with E-state index in [2.05, 4.69) is 51.6 Å². The molecule has 0 spiro atoms. The lowest BCUT2D eigenvalue weighted by molar-refractivity contribution is 0.573. The van der Waals surface area contributed by atoms with Crippen molar-refractivity contribution in [1.29, 1.82) is 0 Å². The Hall–Kier alpha value is -1.17. The predicted molar refractivity (Wildman–Crippen MR) is 71.3 cm³/mol. The Morgan fingerprint density at radius 3 is 2.76 bits per heavy atom. The largest absolute Gasteiger partial charge is 0.271 e. The molecule has 1 atom stereocenters. The molecule has 3 N–H and O–H groups in total. The predicted octanol–water partition coefficient (Wildman–Crippen LogP) is 2.04. The van der Waals surface area contributed by atoms with E-state index in [1.165, 1.54) is 5.56 Å². The Morgan fingerprint density at radius 2 is 2.24 bits per heavy atom. The zero-order valence-corrected chi connectivity index (χ0v) is 11.4. The number of benzene rings is 1. The van der Waals surface area contributed by atoms with Gasteiger partial charge >= 0.3 is 0 Å². The summed E-state index contributed by atoms with van der Waals surface area (Å²) in [5, 5.41) is 4.21. The third-order valence-corrected chi connectivity index (χ3v) is 3.36. The average molecular weight is 295 g/mol. The van der Waals surface area contributed by atoms with Crippen LogP contribution in [0.25, 0.3) is 0 Å². The van der Waals surface area contributed by atoms with Crippen LogP contribution in [0, 0.1) is 6.92 Å². The lowest BCUT2D eigenvalue weighted by atomic mass is 10.0. The lowest BCUT2D eigenvalue weighted by Crippen LogP contribution is -2.30. The summed E-state index contributed by atoms with van der Waals surface area (Å²) >= 11 is 3.50. The molecule has 1 heterocycles. The molecule has 1 aromatic carbocycles. The van der Waals surface area contributed by atoms with E-state index >= 15 is 0 Å². The molecule has 0 amide bonds. The van der Waals surface area contributed by atoms with E-state index in [-0.39, 0.29) is 6.04 Å². The van der Waals surface area contributed by atoms with Crippen molar-refractivity contribution in [3.05, 3.63) is 51.8 Å². The molecule has 1 aromatic heterocycles. The van der Waals surface area contributed by atoms with Gasteiger partial charge in [0, 0.05) is 7.05 Å². The smallest absolute Gasteiger partial charge is 0.0889 e. The van der Waals surface area contributed by atoms with E-state index in [1.807, 2.05) is 17.8 Å². The normalized spacial score (nSPS) is 12.7. The first-order valence-corrected chi connectivity index (χ1v) is 6.13. The minimum absolute atomic E-state index is 0.0724. The molecule has 0 aliphatic rings. The summed E-state index contributed by atoms with van der Waals surface area (Å²) in [4.78, 5) is 0. The van der Waals surface area contributed by atoms with Crippen LogP contribution in [0.5, 0.6) is 0 Å². The van der Waals surface area contributed by atoms with Gasteiger partial charge in [0.2, 0.25) is 0 Å². The van der Waals surface area contributed by atoms with Gasteiger partial charge in [-0.1, -0.05) is 29.8 Å². The number of halogens is 1. The summed E-state index contributed by atoms with van der Waals surface area (Å²) in [5.41, 5.74) is 6.18.